The lowest BCUT2D eigenvalue weighted by molar-refractivity contribution is -0.149. The van der Waals surface area contributed by atoms with E-state index in [2.05, 4.69) is 9.88 Å². The molecule has 1 saturated carbocycles. The molecule has 0 unspecified atom stereocenters. The summed E-state index contributed by atoms with van der Waals surface area (Å²) in [6.07, 6.45) is 7.23. The van der Waals surface area contributed by atoms with Gasteiger partial charge in [-0.15, -0.1) is 0 Å². The summed E-state index contributed by atoms with van der Waals surface area (Å²) in [5, 5.41) is 9.44. The van der Waals surface area contributed by atoms with Crippen molar-refractivity contribution in [2.45, 2.75) is 32.2 Å². The Morgan fingerprint density at radius 3 is 2.56 bits per heavy atom. The van der Waals surface area contributed by atoms with Crippen molar-refractivity contribution < 1.29 is 9.90 Å². The van der Waals surface area contributed by atoms with Crippen molar-refractivity contribution in [3.8, 4) is 0 Å². The maximum atomic E-state index is 11.5. The smallest absolute Gasteiger partial charge is 0.310 e. The number of carboxylic acids is 1. The average molecular weight is 248 g/mol. The lowest BCUT2D eigenvalue weighted by Crippen LogP contribution is -2.39. The zero-order chi connectivity index (χ0) is 13.0. The summed E-state index contributed by atoms with van der Waals surface area (Å²) in [6.45, 7) is 1.40. The van der Waals surface area contributed by atoms with E-state index in [0.717, 1.165) is 32.2 Å². The van der Waals surface area contributed by atoms with Gasteiger partial charge in [0, 0.05) is 25.5 Å². The normalized spacial score (nSPS) is 18.1. The van der Waals surface area contributed by atoms with Crippen LogP contribution in [0.2, 0.25) is 0 Å². The molecule has 98 valence electrons. The molecule has 1 aromatic rings. The van der Waals surface area contributed by atoms with Crippen LogP contribution in [0.25, 0.3) is 0 Å². The molecule has 0 radical (unpaired) electrons. The lowest BCUT2D eigenvalue weighted by atomic mass is 9.85. The van der Waals surface area contributed by atoms with Crippen molar-refractivity contribution in [2.75, 3.05) is 13.6 Å². The molecule has 0 atom stereocenters. The van der Waals surface area contributed by atoms with Gasteiger partial charge in [0.15, 0.2) is 0 Å². The predicted molar refractivity (Wildman–Crippen MR) is 69.1 cm³/mol. The van der Waals surface area contributed by atoms with Gasteiger partial charge in [0.2, 0.25) is 0 Å². The summed E-state index contributed by atoms with van der Waals surface area (Å²) in [5.41, 5.74) is 0.646. The zero-order valence-electron chi connectivity index (χ0n) is 10.8. The van der Waals surface area contributed by atoms with E-state index in [9.17, 15) is 9.90 Å². The van der Waals surface area contributed by atoms with Crippen LogP contribution < -0.4 is 0 Å². The first kappa shape index (κ1) is 13.0. The minimum Gasteiger partial charge on any atom is -0.481 e. The molecule has 1 fully saturated rings. The molecule has 2 rings (SSSR count). The van der Waals surface area contributed by atoms with Crippen molar-refractivity contribution in [3.63, 3.8) is 0 Å². The van der Waals surface area contributed by atoms with Crippen LogP contribution in [0.4, 0.5) is 0 Å². The summed E-state index contributed by atoms with van der Waals surface area (Å²) in [4.78, 5) is 17.6. The number of carboxylic acid groups (broad SMARTS) is 1. The van der Waals surface area contributed by atoms with E-state index in [1.165, 1.54) is 5.56 Å². The molecule has 1 heterocycles. The number of rotatable bonds is 5. The quantitative estimate of drug-likeness (QED) is 0.867. The Balaban J connectivity index is 1.98. The molecule has 1 aromatic heterocycles. The first-order chi connectivity index (χ1) is 8.62. The van der Waals surface area contributed by atoms with Crippen LogP contribution >= 0.6 is 0 Å². The molecular formula is C14H20N2O2. The molecule has 0 spiro atoms. The molecule has 18 heavy (non-hydrogen) atoms. The van der Waals surface area contributed by atoms with Gasteiger partial charge in [-0.2, -0.15) is 0 Å². The van der Waals surface area contributed by atoms with Gasteiger partial charge in [-0.3, -0.25) is 9.78 Å². The Morgan fingerprint density at radius 1 is 1.39 bits per heavy atom. The van der Waals surface area contributed by atoms with Gasteiger partial charge in [-0.25, -0.2) is 0 Å². The first-order valence-corrected chi connectivity index (χ1v) is 6.43. The summed E-state index contributed by atoms with van der Waals surface area (Å²) in [7, 11) is 1.99. The molecule has 0 saturated heterocycles. The highest BCUT2D eigenvalue weighted by atomic mass is 16.4. The van der Waals surface area contributed by atoms with Gasteiger partial charge in [-0.1, -0.05) is 12.8 Å². The van der Waals surface area contributed by atoms with Crippen LogP contribution in [0.3, 0.4) is 0 Å². The minimum atomic E-state index is -0.637. The van der Waals surface area contributed by atoms with E-state index in [4.69, 9.17) is 0 Å². The number of aromatic nitrogens is 1. The molecule has 1 aliphatic rings. The molecular weight excluding hydrogens is 228 g/mol. The van der Waals surface area contributed by atoms with Crippen molar-refractivity contribution in [1.29, 1.82) is 0 Å². The van der Waals surface area contributed by atoms with Gasteiger partial charge in [0.1, 0.15) is 0 Å². The van der Waals surface area contributed by atoms with E-state index in [0.29, 0.717) is 6.54 Å². The maximum Gasteiger partial charge on any atom is 0.310 e. The average Bonchev–Trinajstić information content (AvgIpc) is 2.80. The molecule has 4 nitrogen and oxygen atoms in total. The van der Waals surface area contributed by atoms with Crippen molar-refractivity contribution in [1.82, 2.24) is 9.88 Å². The second-order valence-corrected chi connectivity index (χ2v) is 5.32. The number of hydrogen-bond acceptors (Lipinski definition) is 3. The first-order valence-electron chi connectivity index (χ1n) is 6.43. The van der Waals surface area contributed by atoms with E-state index < -0.39 is 11.4 Å². The number of pyridine rings is 1. The molecule has 0 amide bonds. The second kappa shape index (κ2) is 5.48. The van der Waals surface area contributed by atoms with Crippen LogP contribution in [-0.2, 0) is 11.3 Å². The third kappa shape index (κ3) is 2.88. The van der Waals surface area contributed by atoms with Gasteiger partial charge >= 0.3 is 5.97 Å². The Bertz CT molecular complexity index is 400. The monoisotopic (exact) mass is 248 g/mol. The fraction of sp³-hybridized carbons (Fsp3) is 0.571. The van der Waals surface area contributed by atoms with Crippen molar-refractivity contribution in [2.24, 2.45) is 5.41 Å². The Hall–Kier alpha value is -1.42. The Kier molecular flexibility index (Phi) is 3.97. The van der Waals surface area contributed by atoms with Gasteiger partial charge in [-0.05, 0) is 37.6 Å². The fourth-order valence-electron chi connectivity index (χ4n) is 2.86. The van der Waals surface area contributed by atoms with E-state index in [1.807, 2.05) is 19.2 Å². The van der Waals surface area contributed by atoms with Gasteiger partial charge < -0.3 is 10.0 Å². The van der Waals surface area contributed by atoms with Crippen LogP contribution in [0.15, 0.2) is 24.5 Å². The number of carbonyl (C=O) groups is 1. The minimum absolute atomic E-state index is 0.526. The fourth-order valence-corrected chi connectivity index (χ4v) is 2.86. The van der Waals surface area contributed by atoms with Gasteiger partial charge in [0.25, 0.3) is 0 Å². The summed E-state index contributed by atoms with van der Waals surface area (Å²) < 4.78 is 0. The van der Waals surface area contributed by atoms with Crippen LogP contribution in [0.5, 0.6) is 0 Å². The van der Waals surface area contributed by atoms with Crippen LogP contribution in [0.1, 0.15) is 31.2 Å². The number of nitrogens with zero attached hydrogens (tertiary/aromatic N) is 2. The van der Waals surface area contributed by atoms with Crippen LogP contribution in [-0.4, -0.2) is 34.6 Å². The molecule has 1 aliphatic carbocycles. The van der Waals surface area contributed by atoms with Crippen molar-refractivity contribution in [3.05, 3.63) is 30.1 Å². The SMILES string of the molecule is CN(Cc1ccncc1)CC1(C(=O)O)CCCC1. The Morgan fingerprint density at radius 2 is 2.00 bits per heavy atom. The standard InChI is InChI=1S/C14H20N2O2/c1-16(10-12-4-8-15-9-5-12)11-14(13(17)18)6-2-3-7-14/h4-5,8-9H,2-3,6-7,10-11H2,1H3,(H,17,18). The largest absolute Gasteiger partial charge is 0.481 e. The summed E-state index contributed by atoms with van der Waals surface area (Å²) in [6, 6.07) is 3.94. The number of hydrogen-bond donors (Lipinski definition) is 1. The summed E-state index contributed by atoms with van der Waals surface area (Å²) >= 11 is 0. The van der Waals surface area contributed by atoms with E-state index in [-0.39, 0.29) is 0 Å². The molecule has 0 aromatic carbocycles. The third-order valence-corrected chi connectivity index (χ3v) is 3.79. The second-order valence-electron chi connectivity index (χ2n) is 5.32. The van der Waals surface area contributed by atoms with Gasteiger partial charge in [0.05, 0.1) is 5.41 Å². The topological polar surface area (TPSA) is 53.4 Å². The highest BCUT2D eigenvalue weighted by Gasteiger charge is 2.41. The van der Waals surface area contributed by atoms with E-state index >= 15 is 0 Å². The molecule has 4 heteroatoms. The van der Waals surface area contributed by atoms with Crippen LogP contribution in [0, 0.1) is 5.41 Å². The third-order valence-electron chi connectivity index (χ3n) is 3.79. The number of aliphatic carboxylic acids is 1. The molecule has 0 bridgehead atoms. The molecule has 1 N–H and O–H groups in total. The maximum absolute atomic E-state index is 11.5. The van der Waals surface area contributed by atoms with E-state index in [1.54, 1.807) is 12.4 Å². The predicted octanol–water partition coefficient (Wildman–Crippen LogP) is 2.16. The zero-order valence-corrected chi connectivity index (χ0v) is 10.8. The summed E-state index contributed by atoms with van der Waals surface area (Å²) in [5.74, 6) is -0.637. The Labute approximate surface area is 108 Å². The molecule has 0 aliphatic heterocycles. The lowest BCUT2D eigenvalue weighted by Gasteiger charge is -2.29. The highest BCUT2D eigenvalue weighted by Crippen LogP contribution is 2.39. The highest BCUT2D eigenvalue weighted by molar-refractivity contribution is 5.75. The van der Waals surface area contributed by atoms with Crippen molar-refractivity contribution >= 4 is 5.97 Å².